The molecule has 0 saturated carbocycles. The standard InChI is InChI=1S/C11H12ClNO3/c12-9-1-3-10(4-2-9)16-7-11(14)13-5-6-15-8-13/h1-4H,5-8H2. The van der Waals surface area contributed by atoms with Crippen molar-refractivity contribution in [1.82, 2.24) is 4.90 Å². The van der Waals surface area contributed by atoms with E-state index in [0.717, 1.165) is 0 Å². The van der Waals surface area contributed by atoms with Crippen molar-refractivity contribution >= 4 is 17.5 Å². The van der Waals surface area contributed by atoms with E-state index in [1.165, 1.54) is 0 Å². The van der Waals surface area contributed by atoms with Crippen LogP contribution in [0.5, 0.6) is 5.75 Å². The van der Waals surface area contributed by atoms with Gasteiger partial charge < -0.3 is 14.4 Å². The topological polar surface area (TPSA) is 38.8 Å². The van der Waals surface area contributed by atoms with Crippen LogP contribution in [0.3, 0.4) is 0 Å². The lowest BCUT2D eigenvalue weighted by atomic mass is 10.3. The lowest BCUT2D eigenvalue weighted by Gasteiger charge is -2.13. The largest absolute Gasteiger partial charge is 0.484 e. The van der Waals surface area contributed by atoms with Crippen LogP contribution in [0, 0.1) is 0 Å². The molecule has 0 unspecified atom stereocenters. The van der Waals surface area contributed by atoms with Gasteiger partial charge in [-0.1, -0.05) is 11.6 Å². The molecule has 16 heavy (non-hydrogen) atoms. The molecule has 1 amide bonds. The third-order valence-electron chi connectivity index (χ3n) is 2.28. The Balaban J connectivity index is 1.82. The highest BCUT2D eigenvalue weighted by atomic mass is 35.5. The van der Waals surface area contributed by atoms with Crippen LogP contribution in [0.25, 0.3) is 0 Å². The Bertz CT molecular complexity index is 360. The molecule has 0 radical (unpaired) electrons. The van der Waals surface area contributed by atoms with E-state index in [1.54, 1.807) is 29.2 Å². The Morgan fingerprint density at radius 2 is 2.19 bits per heavy atom. The number of halogens is 1. The van der Waals surface area contributed by atoms with Gasteiger partial charge in [-0.05, 0) is 24.3 Å². The Morgan fingerprint density at radius 3 is 2.81 bits per heavy atom. The van der Waals surface area contributed by atoms with Gasteiger partial charge in [-0.3, -0.25) is 4.79 Å². The molecule has 1 saturated heterocycles. The summed E-state index contributed by atoms with van der Waals surface area (Å²) in [5, 5.41) is 0.645. The Morgan fingerprint density at radius 1 is 1.44 bits per heavy atom. The van der Waals surface area contributed by atoms with Crippen molar-refractivity contribution in [2.24, 2.45) is 0 Å². The predicted molar refractivity (Wildman–Crippen MR) is 59.5 cm³/mol. The molecule has 0 atom stereocenters. The Kier molecular flexibility index (Phi) is 3.64. The number of hydrogen-bond donors (Lipinski definition) is 0. The molecule has 1 heterocycles. The van der Waals surface area contributed by atoms with E-state index in [4.69, 9.17) is 21.1 Å². The normalized spacial score (nSPS) is 15.2. The van der Waals surface area contributed by atoms with Crippen molar-refractivity contribution in [3.05, 3.63) is 29.3 Å². The molecule has 0 N–H and O–H groups in total. The molecule has 1 fully saturated rings. The van der Waals surface area contributed by atoms with Crippen LogP contribution >= 0.6 is 11.6 Å². The molecule has 1 aliphatic rings. The third kappa shape index (κ3) is 2.87. The molecule has 0 aliphatic carbocycles. The van der Waals surface area contributed by atoms with Crippen LogP contribution in [0.2, 0.25) is 5.02 Å². The van der Waals surface area contributed by atoms with Crippen molar-refractivity contribution in [1.29, 1.82) is 0 Å². The van der Waals surface area contributed by atoms with E-state index in [9.17, 15) is 4.79 Å². The number of amides is 1. The maximum atomic E-state index is 11.6. The van der Waals surface area contributed by atoms with Crippen LogP contribution in [0.15, 0.2) is 24.3 Å². The first kappa shape index (κ1) is 11.2. The molecule has 86 valence electrons. The SMILES string of the molecule is O=C(COc1ccc(Cl)cc1)N1CCOC1. The Hall–Kier alpha value is -1.26. The fourth-order valence-corrected chi connectivity index (χ4v) is 1.50. The van der Waals surface area contributed by atoms with Crippen molar-refractivity contribution in [2.45, 2.75) is 0 Å². The highest BCUT2D eigenvalue weighted by Gasteiger charge is 2.18. The highest BCUT2D eigenvalue weighted by molar-refractivity contribution is 6.30. The first-order chi connectivity index (χ1) is 7.75. The number of rotatable bonds is 3. The minimum atomic E-state index is -0.0625. The second kappa shape index (κ2) is 5.18. The fraction of sp³-hybridized carbons (Fsp3) is 0.364. The van der Waals surface area contributed by atoms with Crippen molar-refractivity contribution in [3.8, 4) is 5.75 Å². The Labute approximate surface area is 98.7 Å². The summed E-state index contributed by atoms with van der Waals surface area (Å²) >= 11 is 5.73. The van der Waals surface area contributed by atoms with E-state index in [-0.39, 0.29) is 12.5 Å². The first-order valence-electron chi connectivity index (χ1n) is 4.99. The van der Waals surface area contributed by atoms with E-state index < -0.39 is 0 Å². The maximum Gasteiger partial charge on any atom is 0.262 e. The van der Waals surface area contributed by atoms with Crippen molar-refractivity contribution in [2.75, 3.05) is 26.5 Å². The monoisotopic (exact) mass is 241 g/mol. The summed E-state index contributed by atoms with van der Waals surface area (Å²) in [6.45, 7) is 1.64. The number of ether oxygens (including phenoxy) is 2. The summed E-state index contributed by atoms with van der Waals surface area (Å²) in [6.07, 6.45) is 0. The number of benzene rings is 1. The zero-order valence-corrected chi connectivity index (χ0v) is 9.44. The molecule has 1 aliphatic heterocycles. The number of hydrogen-bond acceptors (Lipinski definition) is 3. The molecule has 1 aromatic rings. The maximum absolute atomic E-state index is 11.6. The first-order valence-corrected chi connectivity index (χ1v) is 5.37. The molecule has 4 nitrogen and oxygen atoms in total. The molecule has 0 aromatic heterocycles. The van der Waals surface area contributed by atoms with E-state index >= 15 is 0 Å². The lowest BCUT2D eigenvalue weighted by Crippen LogP contribution is -2.32. The van der Waals surface area contributed by atoms with Crippen LogP contribution in [-0.4, -0.2) is 37.3 Å². The quantitative estimate of drug-likeness (QED) is 0.806. The van der Waals surface area contributed by atoms with Gasteiger partial charge in [-0.25, -0.2) is 0 Å². The minimum absolute atomic E-state index is 0.0327. The van der Waals surface area contributed by atoms with Crippen LogP contribution in [0.1, 0.15) is 0 Å². The zero-order valence-electron chi connectivity index (χ0n) is 8.69. The van der Waals surface area contributed by atoms with E-state index in [0.29, 0.717) is 30.7 Å². The van der Waals surface area contributed by atoms with Gasteiger partial charge in [-0.2, -0.15) is 0 Å². The van der Waals surface area contributed by atoms with Gasteiger partial charge in [0, 0.05) is 11.6 Å². The van der Waals surface area contributed by atoms with Crippen molar-refractivity contribution < 1.29 is 14.3 Å². The van der Waals surface area contributed by atoms with Gasteiger partial charge in [0.1, 0.15) is 12.5 Å². The van der Waals surface area contributed by atoms with Crippen LogP contribution in [0.4, 0.5) is 0 Å². The summed E-state index contributed by atoms with van der Waals surface area (Å²) in [4.78, 5) is 13.2. The minimum Gasteiger partial charge on any atom is -0.484 e. The molecule has 0 bridgehead atoms. The van der Waals surface area contributed by atoms with Gasteiger partial charge in [-0.15, -0.1) is 0 Å². The van der Waals surface area contributed by atoms with E-state index in [1.807, 2.05) is 0 Å². The second-order valence-electron chi connectivity index (χ2n) is 3.44. The third-order valence-corrected chi connectivity index (χ3v) is 2.53. The summed E-state index contributed by atoms with van der Waals surface area (Å²) < 4.78 is 10.4. The summed E-state index contributed by atoms with van der Waals surface area (Å²) in [5.41, 5.74) is 0. The number of carbonyl (C=O) groups excluding carboxylic acids is 1. The molecular weight excluding hydrogens is 230 g/mol. The molecule has 2 rings (SSSR count). The highest BCUT2D eigenvalue weighted by Crippen LogP contribution is 2.15. The zero-order chi connectivity index (χ0) is 11.4. The number of carbonyl (C=O) groups is 1. The lowest BCUT2D eigenvalue weighted by molar-refractivity contribution is -0.133. The van der Waals surface area contributed by atoms with Gasteiger partial charge in [0.05, 0.1) is 6.61 Å². The smallest absolute Gasteiger partial charge is 0.262 e. The summed E-state index contributed by atoms with van der Waals surface area (Å²) in [5.74, 6) is 0.574. The summed E-state index contributed by atoms with van der Waals surface area (Å²) in [7, 11) is 0. The van der Waals surface area contributed by atoms with Gasteiger partial charge in [0.15, 0.2) is 6.61 Å². The average Bonchev–Trinajstić information content (AvgIpc) is 2.81. The predicted octanol–water partition coefficient (Wildman–Crippen LogP) is 1.54. The molecule has 1 aromatic carbocycles. The van der Waals surface area contributed by atoms with Gasteiger partial charge in [0.2, 0.25) is 0 Å². The number of nitrogens with zero attached hydrogens (tertiary/aromatic N) is 1. The van der Waals surface area contributed by atoms with Crippen molar-refractivity contribution in [3.63, 3.8) is 0 Å². The van der Waals surface area contributed by atoms with Crippen LogP contribution in [-0.2, 0) is 9.53 Å². The molecule has 5 heteroatoms. The van der Waals surface area contributed by atoms with Gasteiger partial charge in [0.25, 0.3) is 5.91 Å². The molecule has 0 spiro atoms. The van der Waals surface area contributed by atoms with Gasteiger partial charge >= 0.3 is 0 Å². The average molecular weight is 242 g/mol. The van der Waals surface area contributed by atoms with E-state index in [2.05, 4.69) is 0 Å². The van der Waals surface area contributed by atoms with Crippen LogP contribution < -0.4 is 4.74 Å². The molecular formula is C11H12ClNO3. The second-order valence-corrected chi connectivity index (χ2v) is 3.87. The summed E-state index contributed by atoms with van der Waals surface area (Å²) in [6, 6.07) is 6.91. The fourth-order valence-electron chi connectivity index (χ4n) is 1.38.